The molecular weight excluding hydrogens is 278 g/mol. The Labute approximate surface area is 131 Å². The number of nitrogens with zero attached hydrogens (tertiary/aromatic N) is 3. The van der Waals surface area contributed by atoms with Crippen molar-refractivity contribution in [2.24, 2.45) is 5.92 Å². The predicted octanol–water partition coefficient (Wildman–Crippen LogP) is 2.92. The molecule has 0 aliphatic carbocycles. The maximum Gasteiger partial charge on any atom is 0.240 e. The van der Waals surface area contributed by atoms with Crippen molar-refractivity contribution in [3.05, 3.63) is 42.0 Å². The van der Waals surface area contributed by atoms with Gasteiger partial charge in [0.2, 0.25) is 5.89 Å². The van der Waals surface area contributed by atoms with E-state index in [1.165, 1.54) is 12.8 Å². The van der Waals surface area contributed by atoms with Gasteiger partial charge in [0, 0.05) is 18.9 Å². The Hall–Kier alpha value is -1.88. The van der Waals surface area contributed by atoms with Crippen LogP contribution in [0.25, 0.3) is 0 Å². The number of hydrogen-bond donors (Lipinski definition) is 0. The Morgan fingerprint density at radius 2 is 2.18 bits per heavy atom. The Kier molecular flexibility index (Phi) is 5.06. The third-order valence-electron chi connectivity index (χ3n) is 4.02. The van der Waals surface area contributed by atoms with E-state index < -0.39 is 0 Å². The van der Waals surface area contributed by atoms with Crippen molar-refractivity contribution in [1.29, 1.82) is 0 Å². The molecule has 1 aromatic carbocycles. The maximum absolute atomic E-state index is 5.89. The summed E-state index contributed by atoms with van der Waals surface area (Å²) in [5.74, 6) is 3.02. The maximum atomic E-state index is 5.89. The van der Waals surface area contributed by atoms with Gasteiger partial charge >= 0.3 is 0 Å². The zero-order valence-electron chi connectivity index (χ0n) is 13.1. The highest BCUT2D eigenvalue weighted by molar-refractivity contribution is 5.20. The van der Waals surface area contributed by atoms with Crippen LogP contribution in [0, 0.1) is 5.92 Å². The molecule has 0 spiro atoms. The Balaban J connectivity index is 1.48. The van der Waals surface area contributed by atoms with Gasteiger partial charge in [0.05, 0.1) is 13.2 Å². The zero-order chi connectivity index (χ0) is 15.2. The average Bonchev–Trinajstić information content (AvgIpc) is 3.02. The van der Waals surface area contributed by atoms with Crippen LogP contribution in [-0.2, 0) is 13.0 Å². The van der Waals surface area contributed by atoms with E-state index in [9.17, 15) is 0 Å². The molecule has 0 bridgehead atoms. The summed E-state index contributed by atoms with van der Waals surface area (Å²) < 4.78 is 11.2. The van der Waals surface area contributed by atoms with Crippen LogP contribution in [0.4, 0.5) is 0 Å². The van der Waals surface area contributed by atoms with Gasteiger partial charge in [-0.25, -0.2) is 0 Å². The molecule has 5 heteroatoms. The summed E-state index contributed by atoms with van der Waals surface area (Å²) in [5.41, 5.74) is 0. The molecule has 1 fully saturated rings. The third kappa shape index (κ3) is 4.07. The second kappa shape index (κ2) is 7.40. The molecule has 1 saturated heterocycles. The van der Waals surface area contributed by atoms with E-state index in [0.717, 1.165) is 50.1 Å². The van der Waals surface area contributed by atoms with Crippen LogP contribution in [0.15, 0.2) is 34.9 Å². The first kappa shape index (κ1) is 15.0. The van der Waals surface area contributed by atoms with Crippen molar-refractivity contribution in [3.63, 3.8) is 0 Å². The normalized spacial score (nSPS) is 19.2. The van der Waals surface area contributed by atoms with Gasteiger partial charge in [-0.3, -0.25) is 4.90 Å². The van der Waals surface area contributed by atoms with Crippen LogP contribution in [-0.4, -0.2) is 34.7 Å². The summed E-state index contributed by atoms with van der Waals surface area (Å²) in [6.07, 6.45) is 3.22. The summed E-state index contributed by atoms with van der Waals surface area (Å²) in [6.45, 7) is 5.66. The molecule has 1 aromatic heterocycles. The molecule has 1 aliphatic heterocycles. The molecule has 118 valence electrons. The minimum atomic E-state index is 0.558. The lowest BCUT2D eigenvalue weighted by Gasteiger charge is -2.31. The summed E-state index contributed by atoms with van der Waals surface area (Å²) in [4.78, 5) is 6.78. The first-order chi connectivity index (χ1) is 10.8. The minimum absolute atomic E-state index is 0.558. The van der Waals surface area contributed by atoms with E-state index >= 15 is 0 Å². The molecule has 3 rings (SSSR count). The second-order valence-corrected chi connectivity index (χ2v) is 5.83. The highest BCUT2D eigenvalue weighted by atomic mass is 16.5. The van der Waals surface area contributed by atoms with Gasteiger partial charge in [0.1, 0.15) is 5.75 Å². The second-order valence-electron chi connectivity index (χ2n) is 5.83. The van der Waals surface area contributed by atoms with Gasteiger partial charge in [0.15, 0.2) is 5.82 Å². The minimum Gasteiger partial charge on any atom is -0.493 e. The predicted molar refractivity (Wildman–Crippen MR) is 83.6 cm³/mol. The molecule has 1 aliphatic rings. The van der Waals surface area contributed by atoms with Crippen molar-refractivity contribution >= 4 is 0 Å². The van der Waals surface area contributed by atoms with Crippen molar-refractivity contribution in [2.75, 3.05) is 19.7 Å². The lowest BCUT2D eigenvalue weighted by Crippen LogP contribution is -2.37. The molecule has 1 atom stereocenters. The average molecular weight is 301 g/mol. The molecule has 0 amide bonds. The summed E-state index contributed by atoms with van der Waals surface area (Å²) >= 11 is 0. The molecule has 0 N–H and O–H groups in total. The first-order valence-corrected chi connectivity index (χ1v) is 8.05. The number of para-hydroxylation sites is 1. The van der Waals surface area contributed by atoms with E-state index in [-0.39, 0.29) is 0 Å². The van der Waals surface area contributed by atoms with Crippen molar-refractivity contribution in [2.45, 2.75) is 32.7 Å². The van der Waals surface area contributed by atoms with Gasteiger partial charge in [-0.2, -0.15) is 4.98 Å². The number of ether oxygens (including phenoxy) is 1. The Morgan fingerprint density at radius 3 is 2.95 bits per heavy atom. The van der Waals surface area contributed by atoms with E-state index in [1.54, 1.807) is 0 Å². The Morgan fingerprint density at radius 1 is 1.32 bits per heavy atom. The van der Waals surface area contributed by atoms with E-state index in [4.69, 9.17) is 9.26 Å². The van der Waals surface area contributed by atoms with Gasteiger partial charge in [-0.1, -0.05) is 30.3 Å². The van der Waals surface area contributed by atoms with Crippen molar-refractivity contribution < 1.29 is 9.26 Å². The van der Waals surface area contributed by atoms with Crippen molar-refractivity contribution in [3.8, 4) is 5.75 Å². The third-order valence-corrected chi connectivity index (χ3v) is 4.02. The number of aromatic nitrogens is 2. The first-order valence-electron chi connectivity index (χ1n) is 8.05. The fraction of sp³-hybridized carbons (Fsp3) is 0.529. The summed E-state index contributed by atoms with van der Waals surface area (Å²) in [5, 5.41) is 3.96. The number of benzene rings is 1. The molecule has 0 radical (unpaired) electrons. The standard InChI is InChI=1S/C17H23N3O2/c1-2-16-18-17(22-19-16)12-20-10-6-7-14(11-20)13-21-15-8-4-3-5-9-15/h3-5,8-9,14H,2,6-7,10-13H2,1H3/t14-/m1/s1. The monoisotopic (exact) mass is 301 g/mol. The van der Waals surface area contributed by atoms with Crippen molar-refractivity contribution in [1.82, 2.24) is 15.0 Å². The number of rotatable bonds is 6. The van der Waals surface area contributed by atoms with Crippen LogP contribution in [0.2, 0.25) is 0 Å². The van der Waals surface area contributed by atoms with Gasteiger partial charge < -0.3 is 9.26 Å². The molecule has 0 unspecified atom stereocenters. The van der Waals surface area contributed by atoms with Crippen LogP contribution in [0.1, 0.15) is 31.5 Å². The fourth-order valence-corrected chi connectivity index (χ4v) is 2.85. The molecule has 2 aromatic rings. The molecule has 5 nitrogen and oxygen atoms in total. The number of likely N-dealkylation sites (tertiary alicyclic amines) is 1. The van der Waals surface area contributed by atoms with Crippen LogP contribution < -0.4 is 4.74 Å². The zero-order valence-corrected chi connectivity index (χ0v) is 13.1. The lowest BCUT2D eigenvalue weighted by molar-refractivity contribution is 0.115. The van der Waals surface area contributed by atoms with Gasteiger partial charge in [0.25, 0.3) is 0 Å². The Bertz CT molecular complexity index is 570. The summed E-state index contributed by atoms with van der Waals surface area (Å²) in [7, 11) is 0. The number of aryl methyl sites for hydroxylation is 1. The topological polar surface area (TPSA) is 51.4 Å². The van der Waals surface area contributed by atoms with Gasteiger partial charge in [-0.15, -0.1) is 0 Å². The quantitative estimate of drug-likeness (QED) is 0.821. The smallest absolute Gasteiger partial charge is 0.240 e. The van der Waals surface area contributed by atoms with E-state index in [2.05, 4.69) is 15.0 Å². The summed E-state index contributed by atoms with van der Waals surface area (Å²) in [6, 6.07) is 10.0. The van der Waals surface area contributed by atoms with E-state index in [1.807, 2.05) is 37.3 Å². The molecule has 2 heterocycles. The number of hydrogen-bond acceptors (Lipinski definition) is 5. The molecule has 22 heavy (non-hydrogen) atoms. The molecule has 0 saturated carbocycles. The highest BCUT2D eigenvalue weighted by Gasteiger charge is 2.22. The van der Waals surface area contributed by atoms with E-state index in [0.29, 0.717) is 5.92 Å². The lowest BCUT2D eigenvalue weighted by atomic mass is 9.99. The van der Waals surface area contributed by atoms with Crippen LogP contribution in [0.3, 0.4) is 0 Å². The fourth-order valence-electron chi connectivity index (χ4n) is 2.85. The molecular formula is C17H23N3O2. The van der Waals surface area contributed by atoms with Crippen LogP contribution in [0.5, 0.6) is 5.75 Å². The largest absolute Gasteiger partial charge is 0.493 e. The SMILES string of the molecule is CCc1noc(CN2CCC[C@@H](COc3ccccc3)C2)n1. The number of piperidine rings is 1. The van der Waals surface area contributed by atoms with Gasteiger partial charge in [-0.05, 0) is 31.5 Å². The highest BCUT2D eigenvalue weighted by Crippen LogP contribution is 2.20. The van der Waals surface area contributed by atoms with Crippen LogP contribution >= 0.6 is 0 Å².